The molecule has 19 heavy (non-hydrogen) atoms. The number of hydrogen-bond acceptors (Lipinski definition) is 4. The Morgan fingerprint density at radius 2 is 1.53 bits per heavy atom. The number of carboxylic acid groups (broad SMARTS) is 1. The average molecular weight is 256 g/mol. The Bertz CT molecular complexity index is 663. The van der Waals surface area contributed by atoms with Crippen molar-refractivity contribution in [2.24, 2.45) is 0 Å². The molecule has 6 nitrogen and oxygen atoms in total. The van der Waals surface area contributed by atoms with E-state index in [2.05, 4.69) is 15.4 Å². The number of hydrogen-bond donors (Lipinski definition) is 3. The molecule has 0 saturated carbocycles. The maximum atomic E-state index is 10.3. The molecule has 3 rings (SSSR count). The van der Waals surface area contributed by atoms with Crippen LogP contribution in [0.4, 0.5) is 5.69 Å². The van der Waals surface area contributed by atoms with Gasteiger partial charge in [0.25, 0.3) is 0 Å². The second-order valence-corrected chi connectivity index (χ2v) is 3.70. The number of nitrogens with two attached hydrogens (primary N) is 1. The summed E-state index contributed by atoms with van der Waals surface area (Å²) in [5.74, 6) is -0.988. The Balaban J connectivity index is 0.000000141. The van der Waals surface area contributed by atoms with Crippen LogP contribution in [-0.4, -0.2) is 26.5 Å². The number of nitrogen functional groups attached to an aromatic ring is 1. The summed E-state index contributed by atoms with van der Waals surface area (Å²) in [4.78, 5) is 10.3. The van der Waals surface area contributed by atoms with Crippen LogP contribution in [0.25, 0.3) is 11.0 Å². The van der Waals surface area contributed by atoms with E-state index >= 15 is 0 Å². The van der Waals surface area contributed by atoms with Gasteiger partial charge in [0.05, 0.1) is 5.56 Å². The molecular weight excluding hydrogens is 244 g/mol. The Kier molecular flexibility index (Phi) is 3.72. The fourth-order valence-corrected chi connectivity index (χ4v) is 1.48. The van der Waals surface area contributed by atoms with Gasteiger partial charge in [-0.3, -0.25) is 0 Å². The molecule has 96 valence electrons. The number of para-hydroxylation sites is 3. The standard InChI is InChI=1S/C7H7NO2.C6H5N3/c8-6-4-2-1-3-5(6)7(9)10;1-2-4-6-5(3-1)7-9-8-6/h1-4H,8H2,(H,9,10);1-4H,(H,7,8,9). The number of H-pyrrole nitrogens is 1. The zero-order chi connectivity index (χ0) is 13.7. The molecule has 0 saturated heterocycles. The minimum Gasteiger partial charge on any atom is -0.478 e. The van der Waals surface area contributed by atoms with Crippen molar-refractivity contribution < 1.29 is 9.90 Å². The van der Waals surface area contributed by atoms with E-state index in [1.165, 1.54) is 6.07 Å². The Morgan fingerprint density at radius 3 is 2.00 bits per heavy atom. The topological polar surface area (TPSA) is 105 Å². The maximum absolute atomic E-state index is 10.3. The number of carboxylic acids is 1. The van der Waals surface area contributed by atoms with Gasteiger partial charge in [-0.25, -0.2) is 4.79 Å². The zero-order valence-electron chi connectivity index (χ0n) is 9.95. The molecule has 6 heteroatoms. The van der Waals surface area contributed by atoms with Crippen LogP contribution in [0.15, 0.2) is 48.5 Å². The van der Waals surface area contributed by atoms with Crippen LogP contribution in [0.2, 0.25) is 0 Å². The number of nitrogens with one attached hydrogen (secondary N) is 1. The van der Waals surface area contributed by atoms with Crippen LogP contribution in [-0.2, 0) is 0 Å². The lowest BCUT2D eigenvalue weighted by molar-refractivity contribution is 0.0698. The number of nitrogens with zero attached hydrogens (tertiary/aromatic N) is 2. The first-order valence-electron chi connectivity index (χ1n) is 5.52. The van der Waals surface area contributed by atoms with Crippen molar-refractivity contribution in [3.8, 4) is 0 Å². The van der Waals surface area contributed by atoms with Crippen molar-refractivity contribution in [3.63, 3.8) is 0 Å². The molecule has 0 bridgehead atoms. The first-order chi connectivity index (χ1) is 9.18. The van der Waals surface area contributed by atoms with Crippen LogP contribution < -0.4 is 5.73 Å². The highest BCUT2D eigenvalue weighted by molar-refractivity contribution is 5.93. The summed E-state index contributed by atoms with van der Waals surface area (Å²) in [6.45, 7) is 0. The third-order valence-electron chi connectivity index (χ3n) is 2.41. The second kappa shape index (κ2) is 5.63. The highest BCUT2D eigenvalue weighted by Crippen LogP contribution is 2.09. The van der Waals surface area contributed by atoms with Crippen LogP contribution in [0.1, 0.15) is 10.4 Å². The fourth-order valence-electron chi connectivity index (χ4n) is 1.48. The van der Waals surface area contributed by atoms with Gasteiger partial charge in [-0.2, -0.15) is 15.4 Å². The van der Waals surface area contributed by atoms with Gasteiger partial charge in [0.1, 0.15) is 11.0 Å². The van der Waals surface area contributed by atoms with Crippen molar-refractivity contribution >= 4 is 22.7 Å². The molecule has 1 aromatic heterocycles. The summed E-state index contributed by atoms with van der Waals surface area (Å²) in [6, 6.07) is 14.1. The van der Waals surface area contributed by atoms with Crippen molar-refractivity contribution in [2.75, 3.05) is 5.73 Å². The third-order valence-corrected chi connectivity index (χ3v) is 2.41. The van der Waals surface area contributed by atoms with Gasteiger partial charge in [-0.15, -0.1) is 0 Å². The van der Waals surface area contributed by atoms with Gasteiger partial charge in [0.2, 0.25) is 0 Å². The van der Waals surface area contributed by atoms with Gasteiger partial charge in [-0.1, -0.05) is 24.3 Å². The second-order valence-electron chi connectivity index (χ2n) is 3.70. The summed E-state index contributed by atoms with van der Waals surface area (Å²) in [6.07, 6.45) is 0. The van der Waals surface area contributed by atoms with Crippen molar-refractivity contribution in [1.29, 1.82) is 0 Å². The summed E-state index contributed by atoms with van der Waals surface area (Å²) >= 11 is 0. The molecule has 4 N–H and O–H groups in total. The van der Waals surface area contributed by atoms with Crippen LogP contribution in [0, 0.1) is 0 Å². The molecule has 0 aliphatic rings. The zero-order valence-corrected chi connectivity index (χ0v) is 9.95. The highest BCUT2D eigenvalue weighted by Gasteiger charge is 2.03. The monoisotopic (exact) mass is 256 g/mol. The summed E-state index contributed by atoms with van der Waals surface area (Å²) in [5, 5.41) is 18.8. The molecule has 0 aliphatic heterocycles. The fraction of sp³-hybridized carbons (Fsp3) is 0. The van der Waals surface area contributed by atoms with Crippen LogP contribution in [0.5, 0.6) is 0 Å². The predicted molar refractivity (Wildman–Crippen MR) is 71.7 cm³/mol. The lowest BCUT2D eigenvalue weighted by Gasteiger charge is -1.96. The highest BCUT2D eigenvalue weighted by atomic mass is 16.4. The molecular formula is C13H12N4O2. The van der Waals surface area contributed by atoms with Gasteiger partial charge in [-0.05, 0) is 24.3 Å². The number of aromatic nitrogens is 3. The smallest absolute Gasteiger partial charge is 0.337 e. The molecule has 0 atom stereocenters. The Labute approximate surface area is 108 Å². The minimum atomic E-state index is -0.988. The number of benzene rings is 2. The van der Waals surface area contributed by atoms with E-state index < -0.39 is 5.97 Å². The minimum absolute atomic E-state index is 0.155. The summed E-state index contributed by atoms with van der Waals surface area (Å²) in [7, 11) is 0. The molecule has 0 fully saturated rings. The third kappa shape index (κ3) is 3.06. The number of aromatic amines is 1. The Hall–Kier alpha value is -2.89. The first kappa shape index (κ1) is 12.6. The van der Waals surface area contributed by atoms with Crippen molar-refractivity contribution in [1.82, 2.24) is 15.4 Å². The number of carbonyl (C=O) groups is 1. The van der Waals surface area contributed by atoms with Crippen LogP contribution in [0.3, 0.4) is 0 Å². The number of anilines is 1. The molecule has 0 radical (unpaired) electrons. The van der Waals surface area contributed by atoms with Gasteiger partial charge >= 0.3 is 5.97 Å². The molecule has 0 aliphatic carbocycles. The van der Waals surface area contributed by atoms with Gasteiger partial charge in [0.15, 0.2) is 0 Å². The average Bonchev–Trinajstić information content (AvgIpc) is 2.88. The van der Waals surface area contributed by atoms with Gasteiger partial charge in [0, 0.05) is 5.69 Å². The van der Waals surface area contributed by atoms with E-state index in [1.807, 2.05) is 24.3 Å². The lowest BCUT2D eigenvalue weighted by atomic mass is 10.2. The van der Waals surface area contributed by atoms with Crippen molar-refractivity contribution in [3.05, 3.63) is 54.1 Å². The predicted octanol–water partition coefficient (Wildman–Crippen LogP) is 1.92. The van der Waals surface area contributed by atoms with E-state index in [4.69, 9.17) is 10.8 Å². The number of aromatic carboxylic acids is 1. The van der Waals surface area contributed by atoms with E-state index in [9.17, 15) is 4.79 Å². The van der Waals surface area contributed by atoms with Gasteiger partial charge < -0.3 is 10.8 Å². The lowest BCUT2D eigenvalue weighted by Crippen LogP contribution is -2.00. The summed E-state index contributed by atoms with van der Waals surface area (Å²) in [5.41, 5.74) is 7.63. The normalized spacial score (nSPS) is 9.68. The van der Waals surface area contributed by atoms with E-state index in [0.717, 1.165) is 11.0 Å². The molecule has 2 aromatic carbocycles. The number of rotatable bonds is 1. The van der Waals surface area contributed by atoms with E-state index in [1.54, 1.807) is 18.2 Å². The maximum Gasteiger partial charge on any atom is 0.337 e. The van der Waals surface area contributed by atoms with E-state index in [-0.39, 0.29) is 5.56 Å². The largest absolute Gasteiger partial charge is 0.478 e. The van der Waals surface area contributed by atoms with Crippen LogP contribution >= 0.6 is 0 Å². The van der Waals surface area contributed by atoms with Crippen molar-refractivity contribution in [2.45, 2.75) is 0 Å². The first-order valence-corrected chi connectivity index (χ1v) is 5.52. The summed E-state index contributed by atoms with van der Waals surface area (Å²) < 4.78 is 0. The van der Waals surface area contributed by atoms with E-state index in [0.29, 0.717) is 5.69 Å². The molecule has 0 unspecified atom stereocenters. The molecule has 0 amide bonds. The molecule has 3 aromatic rings. The Morgan fingerprint density at radius 1 is 1.00 bits per heavy atom. The molecule has 0 spiro atoms. The SMILES string of the molecule is Nc1ccccc1C(=O)O.c1ccc2n[nH]nc2c1. The number of fused-ring (bicyclic) bond motifs is 1. The molecule has 1 heterocycles. The quantitative estimate of drug-likeness (QED) is 0.577.